The molecule has 1 aliphatic heterocycles. The van der Waals surface area contributed by atoms with Crippen molar-refractivity contribution in [2.24, 2.45) is 4.99 Å². The molecule has 0 bridgehead atoms. The average Bonchev–Trinajstić information content (AvgIpc) is 2.94. The van der Waals surface area contributed by atoms with Crippen LogP contribution in [0.1, 0.15) is 11.4 Å². The summed E-state index contributed by atoms with van der Waals surface area (Å²) in [6, 6.07) is 8.58. The molecule has 2 N–H and O–H groups in total. The number of urea groups is 1. The fourth-order valence-electron chi connectivity index (χ4n) is 2.39. The minimum atomic E-state index is -0.287. The van der Waals surface area contributed by atoms with E-state index in [9.17, 15) is 4.79 Å². The van der Waals surface area contributed by atoms with Gasteiger partial charge in [-0.3, -0.25) is 15.2 Å². The van der Waals surface area contributed by atoms with Crippen LogP contribution >= 0.6 is 11.6 Å². The number of amides is 2. The zero-order chi connectivity index (χ0) is 17.1. The van der Waals surface area contributed by atoms with Gasteiger partial charge in [0.1, 0.15) is 0 Å². The van der Waals surface area contributed by atoms with E-state index in [2.05, 4.69) is 25.6 Å². The van der Waals surface area contributed by atoms with Gasteiger partial charge in [-0.25, -0.2) is 14.8 Å². The maximum Gasteiger partial charge on any atom is 0.328 e. The van der Waals surface area contributed by atoms with E-state index in [-0.39, 0.29) is 6.03 Å². The minimum absolute atomic E-state index is 0.287. The molecule has 24 heavy (non-hydrogen) atoms. The highest BCUT2D eigenvalue weighted by molar-refractivity contribution is 6.30. The van der Waals surface area contributed by atoms with Crippen molar-refractivity contribution in [3.63, 3.8) is 0 Å². The number of nitrogens with one attached hydrogen (secondary N) is 2. The summed E-state index contributed by atoms with van der Waals surface area (Å²) in [7, 11) is 0. The molecule has 2 heterocycles. The van der Waals surface area contributed by atoms with Gasteiger partial charge in [-0.2, -0.15) is 0 Å². The van der Waals surface area contributed by atoms with Crippen LogP contribution in [-0.4, -0.2) is 39.9 Å². The van der Waals surface area contributed by atoms with Crippen LogP contribution in [0.2, 0.25) is 5.02 Å². The third kappa shape index (κ3) is 3.80. The Morgan fingerprint density at radius 1 is 1.21 bits per heavy atom. The van der Waals surface area contributed by atoms with Gasteiger partial charge in [0, 0.05) is 22.1 Å². The van der Waals surface area contributed by atoms with Crippen LogP contribution < -0.4 is 10.6 Å². The Labute approximate surface area is 144 Å². The Bertz CT molecular complexity index is 787. The normalized spacial score (nSPS) is 13.6. The number of carbonyl (C=O) groups is 1. The van der Waals surface area contributed by atoms with Gasteiger partial charge in [0.2, 0.25) is 11.9 Å². The molecule has 0 atom stereocenters. The molecule has 1 aliphatic rings. The lowest BCUT2D eigenvalue weighted by Crippen LogP contribution is -2.41. The summed E-state index contributed by atoms with van der Waals surface area (Å²) in [4.78, 5) is 26.9. The zero-order valence-corrected chi connectivity index (χ0v) is 14.1. The maximum absolute atomic E-state index is 12.5. The first kappa shape index (κ1) is 16.2. The van der Waals surface area contributed by atoms with Crippen LogP contribution in [0.15, 0.2) is 35.3 Å². The lowest BCUT2D eigenvalue weighted by molar-refractivity contribution is 0.236. The number of benzene rings is 1. The van der Waals surface area contributed by atoms with Gasteiger partial charge < -0.3 is 5.32 Å². The van der Waals surface area contributed by atoms with Crippen LogP contribution in [0.4, 0.5) is 16.4 Å². The van der Waals surface area contributed by atoms with Crippen LogP contribution in [0.3, 0.4) is 0 Å². The number of aromatic nitrogens is 2. The van der Waals surface area contributed by atoms with Crippen LogP contribution in [0, 0.1) is 13.8 Å². The van der Waals surface area contributed by atoms with E-state index in [1.54, 1.807) is 24.3 Å². The van der Waals surface area contributed by atoms with Crippen molar-refractivity contribution in [1.29, 1.82) is 0 Å². The van der Waals surface area contributed by atoms with Crippen molar-refractivity contribution in [1.82, 2.24) is 14.9 Å². The summed E-state index contributed by atoms with van der Waals surface area (Å²) in [5.41, 5.74) is 2.32. The summed E-state index contributed by atoms with van der Waals surface area (Å²) < 4.78 is 0. The monoisotopic (exact) mass is 344 g/mol. The number of nitrogens with zero attached hydrogens (tertiary/aromatic N) is 4. The van der Waals surface area contributed by atoms with Crippen LogP contribution in [0.5, 0.6) is 0 Å². The molecule has 0 fully saturated rings. The number of halogens is 1. The molecule has 3 rings (SSSR count). The fraction of sp³-hybridized carbons (Fsp3) is 0.250. The summed E-state index contributed by atoms with van der Waals surface area (Å²) in [5, 5.41) is 6.38. The highest BCUT2D eigenvalue weighted by Gasteiger charge is 2.24. The van der Waals surface area contributed by atoms with E-state index < -0.39 is 0 Å². The Balaban J connectivity index is 1.71. The number of carbonyl (C=O) groups excluding carboxylic acids is 1. The molecule has 0 unspecified atom stereocenters. The van der Waals surface area contributed by atoms with E-state index in [4.69, 9.17) is 11.6 Å². The second-order valence-electron chi connectivity index (χ2n) is 5.40. The standard InChI is InChI=1S/C16H17ClN6O/c1-10-8-11(2)20-14(19-10)22-15-18-6-7-23(15)16(24)21-13-5-3-4-12(17)9-13/h3-5,8-9H,6-7H2,1-2H3,(H,21,24)(H,18,19,20,22). The van der Waals surface area contributed by atoms with Crippen LogP contribution in [-0.2, 0) is 0 Å². The molecular formula is C16H17ClN6O. The average molecular weight is 345 g/mol. The number of aryl methyl sites for hydroxylation is 2. The van der Waals surface area contributed by atoms with Gasteiger partial charge in [-0.05, 0) is 38.1 Å². The lowest BCUT2D eigenvalue weighted by Gasteiger charge is -2.19. The highest BCUT2D eigenvalue weighted by Crippen LogP contribution is 2.16. The van der Waals surface area contributed by atoms with E-state index in [1.165, 1.54) is 4.90 Å². The molecule has 0 saturated heterocycles. The summed E-state index contributed by atoms with van der Waals surface area (Å²) in [6.07, 6.45) is 0. The summed E-state index contributed by atoms with van der Waals surface area (Å²) in [6.45, 7) is 4.79. The van der Waals surface area contributed by atoms with Gasteiger partial charge in [0.25, 0.3) is 0 Å². The van der Waals surface area contributed by atoms with Crippen molar-refractivity contribution in [3.05, 3.63) is 46.7 Å². The number of anilines is 2. The van der Waals surface area contributed by atoms with Gasteiger partial charge in [-0.15, -0.1) is 0 Å². The topological polar surface area (TPSA) is 82.5 Å². The molecule has 124 valence electrons. The first-order chi connectivity index (χ1) is 11.5. The van der Waals surface area contributed by atoms with Gasteiger partial charge in [0.05, 0.1) is 13.1 Å². The summed E-state index contributed by atoms with van der Waals surface area (Å²) in [5.74, 6) is 0.855. The van der Waals surface area contributed by atoms with Crippen LogP contribution in [0.25, 0.3) is 0 Å². The number of hydrogen-bond acceptors (Lipinski definition) is 5. The quantitative estimate of drug-likeness (QED) is 0.877. The van der Waals surface area contributed by atoms with Crippen molar-refractivity contribution in [2.75, 3.05) is 23.7 Å². The van der Waals surface area contributed by atoms with E-state index >= 15 is 0 Å². The fourth-order valence-corrected chi connectivity index (χ4v) is 2.58. The van der Waals surface area contributed by atoms with E-state index in [0.29, 0.717) is 35.7 Å². The number of aliphatic imine (C=N–C) groups is 1. The molecule has 7 nitrogen and oxygen atoms in total. The SMILES string of the molecule is Cc1cc(C)nc(NC2=NCCN2C(=O)Nc2cccc(Cl)c2)n1. The van der Waals surface area contributed by atoms with E-state index in [0.717, 1.165) is 11.4 Å². The molecule has 0 saturated carbocycles. The molecule has 8 heteroatoms. The molecule has 0 aliphatic carbocycles. The first-order valence-electron chi connectivity index (χ1n) is 7.49. The van der Waals surface area contributed by atoms with Gasteiger partial charge in [0.15, 0.2) is 0 Å². The molecular weight excluding hydrogens is 328 g/mol. The van der Waals surface area contributed by atoms with Crippen molar-refractivity contribution < 1.29 is 4.79 Å². The summed E-state index contributed by atoms with van der Waals surface area (Å²) >= 11 is 5.94. The molecule has 2 amide bonds. The molecule has 1 aromatic carbocycles. The smallest absolute Gasteiger partial charge is 0.307 e. The van der Waals surface area contributed by atoms with Crippen molar-refractivity contribution in [2.45, 2.75) is 13.8 Å². The number of guanidine groups is 1. The Morgan fingerprint density at radius 3 is 2.67 bits per heavy atom. The third-order valence-corrected chi connectivity index (χ3v) is 3.60. The first-order valence-corrected chi connectivity index (χ1v) is 7.87. The predicted molar refractivity (Wildman–Crippen MR) is 94.6 cm³/mol. The maximum atomic E-state index is 12.5. The Morgan fingerprint density at radius 2 is 1.96 bits per heavy atom. The molecule has 2 aromatic rings. The minimum Gasteiger partial charge on any atom is -0.307 e. The molecule has 0 radical (unpaired) electrons. The van der Waals surface area contributed by atoms with Crippen molar-refractivity contribution in [3.8, 4) is 0 Å². The largest absolute Gasteiger partial charge is 0.328 e. The Kier molecular flexibility index (Phi) is 4.61. The van der Waals surface area contributed by atoms with Gasteiger partial charge in [-0.1, -0.05) is 17.7 Å². The second kappa shape index (κ2) is 6.84. The van der Waals surface area contributed by atoms with E-state index in [1.807, 2.05) is 19.9 Å². The lowest BCUT2D eigenvalue weighted by atomic mass is 10.3. The van der Waals surface area contributed by atoms with Crippen molar-refractivity contribution >= 4 is 35.2 Å². The number of rotatable bonds is 2. The number of hydrogen-bond donors (Lipinski definition) is 2. The predicted octanol–water partition coefficient (Wildman–Crippen LogP) is 3.06. The Hall–Kier alpha value is -2.67. The molecule has 0 spiro atoms. The molecule has 1 aromatic heterocycles. The third-order valence-electron chi connectivity index (χ3n) is 3.37. The highest BCUT2D eigenvalue weighted by atomic mass is 35.5. The zero-order valence-electron chi connectivity index (χ0n) is 13.4. The van der Waals surface area contributed by atoms with Gasteiger partial charge >= 0.3 is 6.03 Å². The second-order valence-corrected chi connectivity index (χ2v) is 5.83.